The molecule has 1 aromatic heterocycles. The number of hydrogen-bond donors (Lipinski definition) is 2. The average Bonchev–Trinajstić information content (AvgIpc) is 2.93. The first-order chi connectivity index (χ1) is 14.1. The van der Waals surface area contributed by atoms with Crippen molar-refractivity contribution in [1.82, 2.24) is 14.9 Å². The molecule has 0 unspecified atom stereocenters. The number of benzene rings is 2. The Hall–Kier alpha value is -3.27. The summed E-state index contributed by atoms with van der Waals surface area (Å²) in [5, 5.41) is 11.2. The number of hydrogen-bond acceptors (Lipinski definition) is 7. The van der Waals surface area contributed by atoms with E-state index in [-0.39, 0.29) is 17.5 Å². The van der Waals surface area contributed by atoms with Crippen molar-refractivity contribution in [3.63, 3.8) is 0 Å². The van der Waals surface area contributed by atoms with Crippen molar-refractivity contribution in [3.05, 3.63) is 48.3 Å². The van der Waals surface area contributed by atoms with Crippen LogP contribution in [0, 0.1) is 5.82 Å². The normalized spacial score (nSPS) is 13.0. The SMILES string of the molecule is Nn1c(SCC(=O)Nc2ccc3c(c2)OCCCO3)nnc1-c1ccc(F)cc1. The van der Waals surface area contributed by atoms with Crippen LogP contribution in [-0.2, 0) is 4.79 Å². The van der Waals surface area contributed by atoms with Gasteiger partial charge >= 0.3 is 0 Å². The summed E-state index contributed by atoms with van der Waals surface area (Å²) in [6.45, 7) is 1.18. The minimum Gasteiger partial charge on any atom is -0.490 e. The minimum absolute atomic E-state index is 0.0905. The molecular formula is C19H18FN5O3S. The lowest BCUT2D eigenvalue weighted by molar-refractivity contribution is -0.113. The molecule has 8 nitrogen and oxygen atoms in total. The minimum atomic E-state index is -0.349. The number of carbonyl (C=O) groups excluding carboxylic acids is 1. The molecule has 0 atom stereocenters. The lowest BCUT2D eigenvalue weighted by Gasteiger charge is -2.10. The van der Waals surface area contributed by atoms with Gasteiger partial charge in [-0.3, -0.25) is 4.79 Å². The quantitative estimate of drug-likeness (QED) is 0.488. The molecule has 0 fully saturated rings. The van der Waals surface area contributed by atoms with E-state index in [0.29, 0.717) is 46.9 Å². The maximum Gasteiger partial charge on any atom is 0.234 e. The third kappa shape index (κ3) is 4.43. The Morgan fingerprint density at radius 2 is 1.90 bits per heavy atom. The van der Waals surface area contributed by atoms with Crippen LogP contribution in [0.4, 0.5) is 10.1 Å². The molecule has 1 aliphatic rings. The van der Waals surface area contributed by atoms with E-state index in [1.54, 1.807) is 30.3 Å². The Morgan fingerprint density at radius 1 is 1.14 bits per heavy atom. The van der Waals surface area contributed by atoms with Gasteiger partial charge in [0.05, 0.1) is 19.0 Å². The number of ether oxygens (including phenoxy) is 2. The molecule has 150 valence electrons. The average molecular weight is 415 g/mol. The highest BCUT2D eigenvalue weighted by Gasteiger charge is 2.15. The van der Waals surface area contributed by atoms with E-state index in [1.807, 2.05) is 0 Å². The maximum atomic E-state index is 13.1. The number of halogens is 1. The van der Waals surface area contributed by atoms with Gasteiger partial charge in [0.15, 0.2) is 17.3 Å². The van der Waals surface area contributed by atoms with Gasteiger partial charge in [0, 0.05) is 23.7 Å². The highest BCUT2D eigenvalue weighted by atomic mass is 32.2. The summed E-state index contributed by atoms with van der Waals surface area (Å²) in [6.07, 6.45) is 0.812. The molecule has 1 aliphatic heterocycles. The third-order valence-corrected chi connectivity index (χ3v) is 5.07. The van der Waals surface area contributed by atoms with Crippen LogP contribution in [0.25, 0.3) is 11.4 Å². The molecule has 2 heterocycles. The highest BCUT2D eigenvalue weighted by Crippen LogP contribution is 2.32. The van der Waals surface area contributed by atoms with Crippen molar-refractivity contribution >= 4 is 23.4 Å². The molecule has 3 aromatic rings. The van der Waals surface area contributed by atoms with E-state index in [9.17, 15) is 9.18 Å². The van der Waals surface area contributed by atoms with E-state index >= 15 is 0 Å². The summed E-state index contributed by atoms with van der Waals surface area (Å²) in [5.41, 5.74) is 1.24. The Kier molecular flexibility index (Phi) is 5.52. The molecule has 1 amide bonds. The molecule has 4 rings (SSSR count). The van der Waals surface area contributed by atoms with Gasteiger partial charge in [-0.15, -0.1) is 10.2 Å². The van der Waals surface area contributed by atoms with Crippen molar-refractivity contribution in [2.24, 2.45) is 0 Å². The van der Waals surface area contributed by atoms with Crippen LogP contribution < -0.4 is 20.6 Å². The fourth-order valence-corrected chi connectivity index (χ4v) is 3.40. The lowest BCUT2D eigenvalue weighted by Crippen LogP contribution is -2.16. The molecule has 10 heteroatoms. The van der Waals surface area contributed by atoms with Gasteiger partial charge in [-0.25, -0.2) is 9.07 Å². The van der Waals surface area contributed by atoms with Crippen LogP contribution in [0.3, 0.4) is 0 Å². The number of anilines is 1. The first kappa shape index (κ1) is 19.1. The second-order valence-corrected chi connectivity index (χ2v) is 7.17. The zero-order chi connectivity index (χ0) is 20.2. The lowest BCUT2D eigenvalue weighted by atomic mass is 10.2. The zero-order valence-corrected chi connectivity index (χ0v) is 16.1. The molecule has 0 saturated heterocycles. The Balaban J connectivity index is 1.38. The summed E-state index contributed by atoms with van der Waals surface area (Å²) < 4.78 is 25.6. The van der Waals surface area contributed by atoms with Crippen LogP contribution in [-0.4, -0.2) is 39.7 Å². The molecule has 3 N–H and O–H groups in total. The molecule has 0 bridgehead atoms. The van der Waals surface area contributed by atoms with Crippen molar-refractivity contribution < 1.29 is 18.7 Å². The van der Waals surface area contributed by atoms with Crippen LogP contribution >= 0.6 is 11.8 Å². The number of fused-ring (bicyclic) bond motifs is 1. The van der Waals surface area contributed by atoms with Crippen LogP contribution in [0.15, 0.2) is 47.6 Å². The van der Waals surface area contributed by atoms with Crippen molar-refractivity contribution in [1.29, 1.82) is 0 Å². The first-order valence-corrected chi connectivity index (χ1v) is 9.87. The Morgan fingerprint density at radius 3 is 2.69 bits per heavy atom. The molecule has 29 heavy (non-hydrogen) atoms. The third-order valence-electron chi connectivity index (χ3n) is 4.13. The predicted octanol–water partition coefficient (Wildman–Crippen LogP) is 2.69. The molecule has 0 aliphatic carbocycles. The molecule has 0 saturated carbocycles. The number of nitrogen functional groups attached to an aromatic ring is 1. The van der Waals surface area contributed by atoms with Gasteiger partial charge in [0.2, 0.25) is 11.1 Å². The largest absolute Gasteiger partial charge is 0.490 e. The Bertz CT molecular complexity index is 1030. The number of rotatable bonds is 5. The van der Waals surface area contributed by atoms with Crippen LogP contribution in [0.2, 0.25) is 0 Å². The summed E-state index contributed by atoms with van der Waals surface area (Å²) in [7, 11) is 0. The fraction of sp³-hybridized carbons (Fsp3) is 0.211. The number of amides is 1. The standard InChI is InChI=1S/C19H18FN5O3S/c20-13-4-2-12(3-5-13)18-23-24-19(25(18)21)29-11-17(26)22-14-6-7-15-16(10-14)28-9-1-8-27-15/h2-7,10H,1,8-9,11,21H2,(H,22,26). The van der Waals surface area contributed by atoms with Crippen molar-refractivity contribution in [2.75, 3.05) is 30.1 Å². The second-order valence-electron chi connectivity index (χ2n) is 6.23. The van der Waals surface area contributed by atoms with Crippen molar-refractivity contribution in [3.8, 4) is 22.9 Å². The smallest absolute Gasteiger partial charge is 0.234 e. The predicted molar refractivity (Wildman–Crippen MR) is 107 cm³/mol. The summed E-state index contributed by atoms with van der Waals surface area (Å²) in [6, 6.07) is 11.0. The molecule has 2 aromatic carbocycles. The Labute approximate surface area is 170 Å². The molecule has 0 spiro atoms. The number of nitrogens with zero attached hydrogens (tertiary/aromatic N) is 3. The fourth-order valence-electron chi connectivity index (χ4n) is 2.74. The number of aromatic nitrogens is 3. The molecule has 0 radical (unpaired) electrons. The number of nitrogens with one attached hydrogen (secondary N) is 1. The van der Waals surface area contributed by atoms with Gasteiger partial charge in [-0.2, -0.15) is 0 Å². The number of nitrogens with two attached hydrogens (primary N) is 1. The molecular weight excluding hydrogens is 397 g/mol. The second kappa shape index (κ2) is 8.39. The van der Waals surface area contributed by atoms with Crippen LogP contribution in [0.1, 0.15) is 6.42 Å². The summed E-state index contributed by atoms with van der Waals surface area (Å²) in [5.74, 6) is 7.19. The maximum absolute atomic E-state index is 13.1. The topological polar surface area (TPSA) is 104 Å². The van der Waals surface area contributed by atoms with Crippen LogP contribution in [0.5, 0.6) is 11.5 Å². The van der Waals surface area contributed by atoms with Gasteiger partial charge in [-0.1, -0.05) is 11.8 Å². The first-order valence-electron chi connectivity index (χ1n) is 8.89. The summed E-state index contributed by atoms with van der Waals surface area (Å²) in [4.78, 5) is 12.3. The van der Waals surface area contributed by atoms with Crippen molar-refractivity contribution in [2.45, 2.75) is 11.6 Å². The van der Waals surface area contributed by atoms with Gasteiger partial charge in [0.1, 0.15) is 5.82 Å². The summed E-state index contributed by atoms with van der Waals surface area (Å²) >= 11 is 1.15. The number of thioether (sulfide) groups is 1. The number of carbonyl (C=O) groups is 1. The van der Waals surface area contributed by atoms with E-state index < -0.39 is 0 Å². The van der Waals surface area contributed by atoms with E-state index in [0.717, 1.165) is 18.2 Å². The van der Waals surface area contributed by atoms with Gasteiger partial charge in [0.25, 0.3) is 0 Å². The van der Waals surface area contributed by atoms with Gasteiger partial charge in [-0.05, 0) is 36.4 Å². The van der Waals surface area contributed by atoms with E-state index in [1.165, 1.54) is 16.8 Å². The van der Waals surface area contributed by atoms with E-state index in [4.69, 9.17) is 15.3 Å². The zero-order valence-electron chi connectivity index (χ0n) is 15.3. The van der Waals surface area contributed by atoms with E-state index in [2.05, 4.69) is 15.5 Å². The highest BCUT2D eigenvalue weighted by molar-refractivity contribution is 7.99. The monoisotopic (exact) mass is 415 g/mol. The van der Waals surface area contributed by atoms with Gasteiger partial charge < -0.3 is 20.6 Å².